The van der Waals surface area contributed by atoms with Gasteiger partial charge in [0.1, 0.15) is 0 Å². The summed E-state index contributed by atoms with van der Waals surface area (Å²) >= 11 is 0. The van der Waals surface area contributed by atoms with E-state index in [1.54, 1.807) is 12.4 Å². The van der Waals surface area contributed by atoms with Gasteiger partial charge in [-0.25, -0.2) is 0 Å². The maximum atomic E-state index is 6.42. The Morgan fingerprint density at radius 3 is 1.95 bits per heavy atom. The molecule has 5 nitrogen and oxygen atoms in total. The van der Waals surface area contributed by atoms with E-state index in [0.717, 1.165) is 22.6 Å². The minimum Gasteiger partial charge on any atom is -0.319 e. The zero-order chi connectivity index (χ0) is 25.0. The lowest BCUT2D eigenvalue weighted by atomic mass is 10.1. The van der Waals surface area contributed by atoms with Gasteiger partial charge in [-0.1, -0.05) is 60.7 Å². The van der Waals surface area contributed by atoms with Gasteiger partial charge in [-0.05, 0) is 60.2 Å². The molecule has 0 aliphatic heterocycles. The minimum absolute atomic E-state index is 0.395. The molecule has 0 saturated heterocycles. The van der Waals surface area contributed by atoms with E-state index in [2.05, 4.69) is 87.3 Å². The molecule has 0 radical (unpaired) electrons. The number of nitrogens with zero attached hydrogens (tertiary/aromatic N) is 4. The van der Waals surface area contributed by atoms with Crippen LogP contribution >= 0.6 is 0 Å². The first-order valence-corrected chi connectivity index (χ1v) is 12.2. The summed E-state index contributed by atoms with van der Waals surface area (Å²) in [5.74, 6) is 0. The molecule has 37 heavy (non-hydrogen) atoms. The van der Waals surface area contributed by atoms with Crippen molar-refractivity contribution < 1.29 is 0 Å². The summed E-state index contributed by atoms with van der Waals surface area (Å²) in [6, 6.07) is 36.5. The van der Waals surface area contributed by atoms with Gasteiger partial charge in [-0.3, -0.25) is 15.0 Å². The van der Waals surface area contributed by atoms with Gasteiger partial charge in [0, 0.05) is 35.1 Å². The van der Waals surface area contributed by atoms with Crippen molar-refractivity contribution in [2.75, 3.05) is 0 Å². The summed E-state index contributed by atoms with van der Waals surface area (Å²) in [7, 11) is 0. The van der Waals surface area contributed by atoms with Gasteiger partial charge in [0.25, 0.3) is 0 Å². The molecule has 0 aliphatic carbocycles. The van der Waals surface area contributed by atoms with Crippen LogP contribution in [0.3, 0.4) is 0 Å². The average Bonchev–Trinajstić information content (AvgIpc) is 3.31. The second-order valence-corrected chi connectivity index (χ2v) is 8.77. The summed E-state index contributed by atoms with van der Waals surface area (Å²) in [6.45, 7) is 0. The predicted molar refractivity (Wildman–Crippen MR) is 152 cm³/mol. The third-order valence-corrected chi connectivity index (χ3v) is 6.38. The van der Waals surface area contributed by atoms with Crippen LogP contribution in [0.5, 0.6) is 0 Å². The third kappa shape index (κ3) is 4.56. The molecule has 0 spiro atoms. The van der Waals surface area contributed by atoms with E-state index >= 15 is 0 Å². The maximum Gasteiger partial charge on any atom is 0.0883 e. The number of nitrogens with two attached hydrogens (primary N) is 1. The monoisotopic (exact) mass is 479 g/mol. The molecule has 0 saturated carbocycles. The Balaban J connectivity index is 1.34. The fourth-order valence-electron chi connectivity index (χ4n) is 4.59. The zero-order valence-corrected chi connectivity index (χ0v) is 20.1. The van der Waals surface area contributed by atoms with Crippen LogP contribution in [-0.2, 0) is 0 Å². The molecule has 5 heteroatoms. The lowest BCUT2D eigenvalue weighted by Crippen LogP contribution is -2.09. The van der Waals surface area contributed by atoms with Gasteiger partial charge in [0.15, 0.2) is 0 Å². The maximum absolute atomic E-state index is 6.42. The summed E-state index contributed by atoms with van der Waals surface area (Å²) in [5, 5.41) is 2.50. The van der Waals surface area contributed by atoms with Gasteiger partial charge in [0.2, 0.25) is 0 Å². The van der Waals surface area contributed by atoms with Crippen LogP contribution in [0.4, 0.5) is 0 Å². The predicted octanol–water partition coefficient (Wildman–Crippen LogP) is 6.73. The molecule has 2 N–H and O–H groups in total. The first kappa shape index (κ1) is 22.6. The highest BCUT2D eigenvalue weighted by Gasteiger charge is 2.11. The molecule has 0 bridgehead atoms. The normalized spacial score (nSPS) is 12.9. The van der Waals surface area contributed by atoms with Gasteiger partial charge >= 0.3 is 0 Å². The van der Waals surface area contributed by atoms with Crippen LogP contribution in [0.1, 0.15) is 23.0 Å². The van der Waals surface area contributed by atoms with E-state index in [-0.39, 0.29) is 0 Å². The number of para-hydroxylation sites is 2. The fourth-order valence-corrected chi connectivity index (χ4v) is 4.59. The largest absolute Gasteiger partial charge is 0.319 e. The highest BCUT2D eigenvalue weighted by molar-refractivity contribution is 6.09. The quantitative estimate of drug-likeness (QED) is 0.269. The first-order valence-electron chi connectivity index (χ1n) is 12.2. The van der Waals surface area contributed by atoms with E-state index in [4.69, 9.17) is 10.7 Å². The molecule has 1 unspecified atom stereocenters. The van der Waals surface area contributed by atoms with E-state index in [9.17, 15) is 0 Å². The second kappa shape index (κ2) is 10.0. The molecular weight excluding hydrogens is 454 g/mol. The number of rotatable bonds is 6. The van der Waals surface area contributed by atoms with Gasteiger partial charge < -0.3 is 10.3 Å². The van der Waals surface area contributed by atoms with E-state index < -0.39 is 6.04 Å². The highest BCUT2D eigenvalue weighted by Crippen LogP contribution is 2.31. The number of aromatic nitrogens is 3. The van der Waals surface area contributed by atoms with E-state index in [0.29, 0.717) is 5.70 Å². The molecule has 1 atom stereocenters. The van der Waals surface area contributed by atoms with Crippen molar-refractivity contribution in [1.82, 2.24) is 14.5 Å². The van der Waals surface area contributed by atoms with Crippen LogP contribution in [0.25, 0.3) is 33.2 Å². The Morgan fingerprint density at radius 1 is 0.703 bits per heavy atom. The van der Waals surface area contributed by atoms with E-state index in [1.165, 1.54) is 21.8 Å². The van der Waals surface area contributed by atoms with Gasteiger partial charge in [0.05, 0.1) is 34.2 Å². The Bertz CT molecular complexity index is 1660. The molecule has 3 aromatic carbocycles. The smallest absolute Gasteiger partial charge is 0.0883 e. The summed E-state index contributed by atoms with van der Waals surface area (Å²) in [4.78, 5) is 13.6. The summed E-state index contributed by atoms with van der Waals surface area (Å²) in [5.41, 5.74) is 13.1. The standard InChI is InChI=1S/C32H25N5/c33-27(28-11-5-7-19-34-28)21-30(29-12-6-8-20-35-29)36-22-23-15-17-24(18-16-23)37-31-13-3-1-9-25(31)26-10-2-4-14-32(26)37/h1-22,27H,33H2/b30-21-,36-22+. The number of benzene rings is 3. The molecule has 6 rings (SSSR count). The van der Waals surface area contributed by atoms with Crippen molar-refractivity contribution in [3.8, 4) is 5.69 Å². The molecular formula is C32H25N5. The van der Waals surface area contributed by atoms with Gasteiger partial charge in [-0.15, -0.1) is 0 Å². The van der Waals surface area contributed by atoms with Crippen molar-refractivity contribution in [3.05, 3.63) is 145 Å². The molecule has 0 amide bonds. The Labute approximate surface area is 215 Å². The zero-order valence-electron chi connectivity index (χ0n) is 20.1. The molecule has 0 aliphatic rings. The lowest BCUT2D eigenvalue weighted by Gasteiger charge is -2.09. The molecule has 3 aromatic heterocycles. The first-order chi connectivity index (χ1) is 18.3. The topological polar surface area (TPSA) is 69.1 Å². The number of hydrogen-bond acceptors (Lipinski definition) is 4. The number of aliphatic imine (C=N–C) groups is 1. The number of fused-ring (bicyclic) bond motifs is 3. The molecule has 178 valence electrons. The van der Waals surface area contributed by atoms with Crippen molar-refractivity contribution in [3.63, 3.8) is 0 Å². The van der Waals surface area contributed by atoms with Crippen LogP contribution < -0.4 is 5.73 Å². The molecule has 6 aromatic rings. The van der Waals surface area contributed by atoms with E-state index in [1.807, 2.05) is 48.7 Å². The Kier molecular flexibility index (Phi) is 6.11. The van der Waals surface area contributed by atoms with Crippen molar-refractivity contribution in [2.45, 2.75) is 6.04 Å². The highest BCUT2D eigenvalue weighted by atomic mass is 15.0. The third-order valence-electron chi connectivity index (χ3n) is 6.38. The van der Waals surface area contributed by atoms with Crippen molar-refractivity contribution in [2.24, 2.45) is 10.7 Å². The van der Waals surface area contributed by atoms with Crippen LogP contribution in [0.15, 0.2) is 133 Å². The van der Waals surface area contributed by atoms with Crippen molar-refractivity contribution >= 4 is 33.7 Å². The Morgan fingerprint density at radius 2 is 1.32 bits per heavy atom. The van der Waals surface area contributed by atoms with Crippen molar-refractivity contribution in [1.29, 1.82) is 0 Å². The lowest BCUT2D eigenvalue weighted by molar-refractivity contribution is 0.861. The van der Waals surface area contributed by atoms with Crippen LogP contribution in [0.2, 0.25) is 0 Å². The molecule has 3 heterocycles. The van der Waals surface area contributed by atoms with Crippen LogP contribution in [-0.4, -0.2) is 20.7 Å². The summed E-state index contributed by atoms with van der Waals surface area (Å²) < 4.78 is 2.30. The van der Waals surface area contributed by atoms with Crippen LogP contribution in [0, 0.1) is 0 Å². The SMILES string of the molecule is NC(/C=C(\N=C\c1ccc(-n2c3ccccc3c3ccccc32)cc1)c1ccccn1)c1ccccn1. The molecule has 0 fully saturated rings. The average molecular weight is 480 g/mol. The minimum atomic E-state index is -0.395. The van der Waals surface area contributed by atoms with Gasteiger partial charge in [-0.2, -0.15) is 0 Å². The second-order valence-electron chi connectivity index (χ2n) is 8.77. The number of hydrogen-bond donors (Lipinski definition) is 1. The number of pyridine rings is 2. The fraction of sp³-hybridized carbons (Fsp3) is 0.0312. The Hall–Kier alpha value is -4.87. The summed E-state index contributed by atoms with van der Waals surface area (Å²) in [6.07, 6.45) is 7.24.